The third-order valence-corrected chi connectivity index (χ3v) is 6.02. The maximum absolute atomic E-state index is 13.3. The molecule has 27 heavy (non-hydrogen) atoms. The first-order chi connectivity index (χ1) is 13.0. The molecule has 4 rings (SSSR count). The molecule has 1 amide bonds. The number of aryl methyl sites for hydroxylation is 1. The zero-order valence-corrected chi connectivity index (χ0v) is 16.8. The zero-order valence-electron chi connectivity index (χ0n) is 16.8. The molecular weight excluding hydrogens is 338 g/mol. The summed E-state index contributed by atoms with van der Waals surface area (Å²) in [5.41, 5.74) is 4.17. The van der Waals surface area contributed by atoms with Gasteiger partial charge in [0.2, 0.25) is 5.91 Å². The molecule has 146 valence electrons. The van der Waals surface area contributed by atoms with Gasteiger partial charge in [-0.2, -0.15) is 5.10 Å². The summed E-state index contributed by atoms with van der Waals surface area (Å²) >= 11 is 0. The number of aromatic nitrogens is 3. The summed E-state index contributed by atoms with van der Waals surface area (Å²) in [6.45, 7) is 3.67. The quantitative estimate of drug-likeness (QED) is 0.829. The molecule has 3 heterocycles. The molecule has 1 atom stereocenters. The van der Waals surface area contributed by atoms with E-state index in [0.29, 0.717) is 5.91 Å². The van der Waals surface area contributed by atoms with Crippen LogP contribution >= 0.6 is 0 Å². The van der Waals surface area contributed by atoms with E-state index in [1.165, 1.54) is 24.8 Å². The summed E-state index contributed by atoms with van der Waals surface area (Å²) in [4.78, 5) is 22.3. The van der Waals surface area contributed by atoms with Gasteiger partial charge < -0.3 is 9.80 Å². The normalized spacial score (nSPS) is 21.5. The van der Waals surface area contributed by atoms with Gasteiger partial charge in [-0.25, -0.2) is 9.50 Å². The van der Waals surface area contributed by atoms with E-state index < -0.39 is 0 Å². The van der Waals surface area contributed by atoms with E-state index in [-0.39, 0.29) is 12.0 Å². The Kier molecular flexibility index (Phi) is 5.17. The Morgan fingerprint density at radius 1 is 1.19 bits per heavy atom. The molecule has 1 aliphatic heterocycles. The standard InChI is InChI=1S/C21H31N5O/c1-15-12-19-22-13-17(14-24(2)3)20(26(19)23-15)18-10-7-11-25(18)21(27)16-8-5-4-6-9-16/h12-13,16,18H,4-11,14H2,1-3H3/t18-/m0/s1. The summed E-state index contributed by atoms with van der Waals surface area (Å²) in [6.07, 6.45) is 9.83. The largest absolute Gasteiger partial charge is 0.334 e. The van der Waals surface area contributed by atoms with Gasteiger partial charge in [0, 0.05) is 36.8 Å². The average Bonchev–Trinajstić information content (AvgIpc) is 3.27. The van der Waals surface area contributed by atoms with Crippen LogP contribution in [-0.2, 0) is 11.3 Å². The first kappa shape index (κ1) is 18.4. The van der Waals surface area contributed by atoms with Crippen molar-refractivity contribution in [2.45, 2.75) is 64.5 Å². The van der Waals surface area contributed by atoms with Crippen LogP contribution in [0.4, 0.5) is 0 Å². The summed E-state index contributed by atoms with van der Waals surface area (Å²) in [7, 11) is 4.14. The highest BCUT2D eigenvalue weighted by Crippen LogP contribution is 2.37. The smallest absolute Gasteiger partial charge is 0.226 e. The maximum atomic E-state index is 13.3. The molecule has 2 fully saturated rings. The molecule has 2 aromatic rings. The molecule has 0 spiro atoms. The van der Waals surface area contributed by atoms with E-state index in [1.807, 2.05) is 23.7 Å². The van der Waals surface area contributed by atoms with Gasteiger partial charge in [0.25, 0.3) is 0 Å². The van der Waals surface area contributed by atoms with Gasteiger partial charge in [0.05, 0.1) is 17.4 Å². The second-order valence-corrected chi connectivity index (χ2v) is 8.49. The molecule has 1 saturated carbocycles. The summed E-state index contributed by atoms with van der Waals surface area (Å²) in [5.74, 6) is 0.579. The van der Waals surface area contributed by atoms with Crippen molar-refractivity contribution < 1.29 is 4.79 Å². The van der Waals surface area contributed by atoms with E-state index in [9.17, 15) is 4.79 Å². The number of likely N-dealkylation sites (tertiary alicyclic amines) is 1. The second kappa shape index (κ2) is 7.58. The van der Waals surface area contributed by atoms with Crippen molar-refractivity contribution in [1.29, 1.82) is 0 Å². The fourth-order valence-electron chi connectivity index (χ4n) is 4.82. The number of hydrogen-bond acceptors (Lipinski definition) is 4. The Labute approximate surface area is 161 Å². The van der Waals surface area contributed by atoms with Gasteiger partial charge in [0.15, 0.2) is 5.65 Å². The first-order valence-corrected chi connectivity index (χ1v) is 10.3. The third kappa shape index (κ3) is 3.59. The molecule has 6 nitrogen and oxygen atoms in total. The molecule has 6 heteroatoms. The van der Waals surface area contributed by atoms with Gasteiger partial charge in [0.1, 0.15) is 0 Å². The lowest BCUT2D eigenvalue weighted by Crippen LogP contribution is -2.37. The summed E-state index contributed by atoms with van der Waals surface area (Å²) in [5, 5.41) is 4.73. The Bertz CT molecular complexity index is 821. The fourth-order valence-corrected chi connectivity index (χ4v) is 4.82. The Morgan fingerprint density at radius 3 is 2.70 bits per heavy atom. The van der Waals surface area contributed by atoms with Crippen LogP contribution in [0.2, 0.25) is 0 Å². The second-order valence-electron chi connectivity index (χ2n) is 8.49. The van der Waals surface area contributed by atoms with Crippen LogP contribution in [0.3, 0.4) is 0 Å². The van der Waals surface area contributed by atoms with Gasteiger partial charge in [-0.1, -0.05) is 19.3 Å². The highest BCUT2D eigenvalue weighted by molar-refractivity contribution is 5.79. The van der Waals surface area contributed by atoms with Crippen molar-refractivity contribution >= 4 is 11.6 Å². The highest BCUT2D eigenvalue weighted by Gasteiger charge is 2.37. The topological polar surface area (TPSA) is 53.7 Å². The van der Waals surface area contributed by atoms with Crippen molar-refractivity contribution in [3.63, 3.8) is 0 Å². The van der Waals surface area contributed by atoms with E-state index in [1.54, 1.807) is 0 Å². The van der Waals surface area contributed by atoms with Gasteiger partial charge in [-0.15, -0.1) is 0 Å². The van der Waals surface area contributed by atoms with Crippen molar-refractivity contribution in [2.24, 2.45) is 5.92 Å². The molecule has 2 aliphatic rings. The van der Waals surface area contributed by atoms with Crippen LogP contribution in [0.1, 0.15) is 67.9 Å². The van der Waals surface area contributed by atoms with Gasteiger partial charge in [-0.05, 0) is 46.7 Å². The minimum atomic E-state index is 0.110. The Balaban J connectivity index is 1.73. The first-order valence-electron chi connectivity index (χ1n) is 10.3. The van der Waals surface area contributed by atoms with E-state index in [2.05, 4.69) is 28.9 Å². The number of fused-ring (bicyclic) bond motifs is 1. The maximum Gasteiger partial charge on any atom is 0.226 e. The molecule has 0 N–H and O–H groups in total. The lowest BCUT2D eigenvalue weighted by atomic mass is 9.88. The van der Waals surface area contributed by atoms with E-state index >= 15 is 0 Å². The van der Waals surface area contributed by atoms with Crippen LogP contribution in [-0.4, -0.2) is 50.9 Å². The number of amides is 1. The molecule has 1 aliphatic carbocycles. The van der Waals surface area contributed by atoms with Crippen molar-refractivity contribution in [2.75, 3.05) is 20.6 Å². The number of carbonyl (C=O) groups is 1. The van der Waals surface area contributed by atoms with Crippen molar-refractivity contribution in [3.05, 3.63) is 29.2 Å². The number of hydrogen-bond donors (Lipinski definition) is 0. The fraction of sp³-hybridized carbons (Fsp3) is 0.667. The molecule has 1 saturated heterocycles. The number of nitrogens with zero attached hydrogens (tertiary/aromatic N) is 5. The molecule has 2 aromatic heterocycles. The predicted molar refractivity (Wildman–Crippen MR) is 105 cm³/mol. The zero-order chi connectivity index (χ0) is 19.0. The summed E-state index contributed by atoms with van der Waals surface area (Å²) < 4.78 is 1.99. The van der Waals surface area contributed by atoms with Crippen LogP contribution in [0.25, 0.3) is 5.65 Å². The van der Waals surface area contributed by atoms with Crippen molar-refractivity contribution in [1.82, 2.24) is 24.4 Å². The number of carbonyl (C=O) groups excluding carboxylic acids is 1. The molecule has 0 unspecified atom stereocenters. The molecule has 0 aromatic carbocycles. The summed E-state index contributed by atoms with van der Waals surface area (Å²) in [6, 6.07) is 2.13. The Hall–Kier alpha value is -1.95. The average molecular weight is 370 g/mol. The molecule has 0 radical (unpaired) electrons. The van der Waals surface area contributed by atoms with Gasteiger partial charge >= 0.3 is 0 Å². The third-order valence-electron chi connectivity index (χ3n) is 6.02. The molecule has 0 bridgehead atoms. The highest BCUT2D eigenvalue weighted by atomic mass is 16.2. The number of rotatable bonds is 4. The minimum Gasteiger partial charge on any atom is -0.334 e. The van der Waals surface area contributed by atoms with Gasteiger partial charge in [-0.3, -0.25) is 4.79 Å². The monoisotopic (exact) mass is 369 g/mol. The van der Waals surface area contributed by atoms with Crippen molar-refractivity contribution in [3.8, 4) is 0 Å². The van der Waals surface area contributed by atoms with Crippen LogP contribution in [0.5, 0.6) is 0 Å². The minimum absolute atomic E-state index is 0.110. The van der Waals surface area contributed by atoms with E-state index in [0.717, 1.165) is 55.8 Å². The SMILES string of the molecule is Cc1cc2ncc(CN(C)C)c([C@@H]3CCCN3C(=O)C3CCCCC3)n2n1. The van der Waals surface area contributed by atoms with Crippen LogP contribution in [0.15, 0.2) is 12.3 Å². The van der Waals surface area contributed by atoms with Crippen LogP contribution < -0.4 is 0 Å². The predicted octanol–water partition coefficient (Wildman–Crippen LogP) is 3.34. The Morgan fingerprint density at radius 2 is 1.96 bits per heavy atom. The molecular formula is C21H31N5O. The van der Waals surface area contributed by atoms with E-state index in [4.69, 9.17) is 5.10 Å². The van der Waals surface area contributed by atoms with Crippen LogP contribution in [0, 0.1) is 12.8 Å². The lowest BCUT2D eigenvalue weighted by molar-refractivity contribution is -0.137. The lowest BCUT2D eigenvalue weighted by Gasteiger charge is -2.32.